The zero-order valence-corrected chi connectivity index (χ0v) is 11.8. The second-order valence-electron chi connectivity index (χ2n) is 3.10. The molecule has 15 heavy (non-hydrogen) atoms. The van der Waals surface area contributed by atoms with Crippen LogP contribution in [0.25, 0.3) is 0 Å². The normalized spacial score (nSPS) is 9.53. The van der Waals surface area contributed by atoms with Crippen LogP contribution in [-0.2, 0) is 6.54 Å². The van der Waals surface area contributed by atoms with Gasteiger partial charge in [0.05, 0.1) is 0 Å². The highest BCUT2D eigenvalue weighted by Crippen LogP contribution is 2.23. The van der Waals surface area contributed by atoms with Gasteiger partial charge in [0.1, 0.15) is 0 Å². The van der Waals surface area contributed by atoms with Crippen LogP contribution in [0, 0.1) is 11.8 Å². The predicted molar refractivity (Wildman–Crippen MR) is 71.6 cm³/mol. The summed E-state index contributed by atoms with van der Waals surface area (Å²) in [4.78, 5) is 0. The van der Waals surface area contributed by atoms with Gasteiger partial charge in [-0.15, -0.1) is 11.8 Å². The lowest BCUT2D eigenvalue weighted by Crippen LogP contribution is -2.14. The Kier molecular flexibility index (Phi) is 6.00. The average Bonchev–Trinajstić information content (AvgIpc) is 2.23. The van der Waals surface area contributed by atoms with Crippen molar-refractivity contribution in [3.63, 3.8) is 0 Å². The van der Waals surface area contributed by atoms with Gasteiger partial charge in [-0.05, 0) is 56.5 Å². The Balaban J connectivity index is 2.36. The van der Waals surface area contributed by atoms with E-state index in [0.717, 1.165) is 28.5 Å². The lowest BCUT2D eigenvalue weighted by Gasteiger charge is -2.04. The smallest absolute Gasteiger partial charge is 0.0320 e. The molecular formula is C12H13Br2N. The molecule has 0 bridgehead atoms. The third-order valence-electron chi connectivity index (χ3n) is 1.92. The van der Waals surface area contributed by atoms with E-state index in [4.69, 9.17) is 0 Å². The van der Waals surface area contributed by atoms with Crippen LogP contribution in [0.3, 0.4) is 0 Å². The summed E-state index contributed by atoms with van der Waals surface area (Å²) < 4.78 is 2.18. The second kappa shape index (κ2) is 7.05. The highest BCUT2D eigenvalue weighted by atomic mass is 79.9. The Labute approximate surface area is 108 Å². The first-order valence-corrected chi connectivity index (χ1v) is 6.37. The number of benzene rings is 1. The number of rotatable bonds is 4. The van der Waals surface area contributed by atoms with Gasteiger partial charge in [-0.2, -0.15) is 0 Å². The summed E-state index contributed by atoms with van der Waals surface area (Å²) in [5.74, 6) is 5.91. The summed E-state index contributed by atoms with van der Waals surface area (Å²) in [5, 5.41) is 3.34. The summed E-state index contributed by atoms with van der Waals surface area (Å²) in [6, 6.07) is 6.27. The second-order valence-corrected chi connectivity index (χ2v) is 4.81. The minimum atomic E-state index is 0.886. The molecule has 0 spiro atoms. The maximum Gasteiger partial charge on any atom is 0.0320 e. The van der Waals surface area contributed by atoms with Gasteiger partial charge in [0, 0.05) is 28.5 Å². The SMILES string of the molecule is CC#CCCNCc1ccc(Br)c(Br)c1. The van der Waals surface area contributed by atoms with Crippen molar-refractivity contribution in [2.24, 2.45) is 0 Å². The first kappa shape index (κ1) is 12.8. The predicted octanol–water partition coefficient (Wildman–Crippen LogP) is 3.71. The Morgan fingerprint density at radius 2 is 2.07 bits per heavy atom. The first-order valence-electron chi connectivity index (χ1n) is 4.78. The van der Waals surface area contributed by atoms with Crippen molar-refractivity contribution < 1.29 is 0 Å². The van der Waals surface area contributed by atoms with Crippen LogP contribution >= 0.6 is 31.9 Å². The zero-order valence-electron chi connectivity index (χ0n) is 8.61. The van der Waals surface area contributed by atoms with Gasteiger partial charge in [-0.1, -0.05) is 6.07 Å². The summed E-state index contributed by atoms with van der Waals surface area (Å²) in [5.41, 5.74) is 1.27. The molecule has 0 aliphatic heterocycles. The quantitative estimate of drug-likeness (QED) is 0.655. The van der Waals surface area contributed by atoms with Crippen LogP contribution in [0.2, 0.25) is 0 Å². The van der Waals surface area contributed by atoms with Crippen molar-refractivity contribution in [3.8, 4) is 11.8 Å². The van der Waals surface area contributed by atoms with E-state index in [9.17, 15) is 0 Å². The molecule has 0 aromatic heterocycles. The van der Waals surface area contributed by atoms with Gasteiger partial charge in [-0.3, -0.25) is 0 Å². The molecule has 0 saturated heterocycles. The molecule has 1 N–H and O–H groups in total. The van der Waals surface area contributed by atoms with E-state index in [0.29, 0.717) is 0 Å². The highest BCUT2D eigenvalue weighted by Gasteiger charge is 1.97. The lowest BCUT2D eigenvalue weighted by molar-refractivity contribution is 0.701. The van der Waals surface area contributed by atoms with E-state index in [1.807, 2.05) is 13.0 Å². The van der Waals surface area contributed by atoms with Crippen molar-refractivity contribution in [1.82, 2.24) is 5.32 Å². The maximum atomic E-state index is 3.48. The third kappa shape index (κ3) is 4.83. The standard InChI is InChI=1S/C12H13Br2N/c1-2-3-4-7-15-9-10-5-6-11(13)12(14)8-10/h5-6,8,15H,4,7,9H2,1H3. The number of hydrogen-bond acceptors (Lipinski definition) is 1. The monoisotopic (exact) mass is 329 g/mol. The van der Waals surface area contributed by atoms with Crippen LogP contribution in [0.1, 0.15) is 18.9 Å². The van der Waals surface area contributed by atoms with Crippen molar-refractivity contribution in [2.75, 3.05) is 6.54 Å². The number of nitrogens with one attached hydrogen (secondary N) is 1. The molecule has 0 unspecified atom stereocenters. The Bertz CT molecular complexity index is 377. The van der Waals surface area contributed by atoms with Gasteiger partial charge in [0.2, 0.25) is 0 Å². The van der Waals surface area contributed by atoms with Gasteiger partial charge in [0.15, 0.2) is 0 Å². The summed E-state index contributed by atoms with van der Waals surface area (Å²) >= 11 is 6.93. The Morgan fingerprint density at radius 1 is 1.27 bits per heavy atom. The molecule has 1 aromatic rings. The Hall–Kier alpha value is -0.300. The molecule has 0 heterocycles. The van der Waals surface area contributed by atoms with E-state index in [1.165, 1.54) is 5.56 Å². The molecule has 1 nitrogen and oxygen atoms in total. The number of halogens is 2. The molecule has 1 rings (SSSR count). The highest BCUT2D eigenvalue weighted by molar-refractivity contribution is 9.13. The maximum absolute atomic E-state index is 3.48. The van der Waals surface area contributed by atoms with Gasteiger partial charge < -0.3 is 5.32 Å². The fourth-order valence-electron chi connectivity index (χ4n) is 1.16. The number of hydrogen-bond donors (Lipinski definition) is 1. The van der Waals surface area contributed by atoms with Crippen molar-refractivity contribution >= 4 is 31.9 Å². The molecular weight excluding hydrogens is 318 g/mol. The van der Waals surface area contributed by atoms with E-state index < -0.39 is 0 Å². The van der Waals surface area contributed by atoms with E-state index in [1.54, 1.807) is 0 Å². The van der Waals surface area contributed by atoms with Crippen molar-refractivity contribution in [1.29, 1.82) is 0 Å². The molecule has 0 atom stereocenters. The molecule has 0 aliphatic carbocycles. The molecule has 3 heteroatoms. The fourth-order valence-corrected chi connectivity index (χ4v) is 1.83. The summed E-state index contributed by atoms with van der Waals surface area (Å²) in [6.07, 6.45) is 0.911. The van der Waals surface area contributed by atoms with Crippen LogP contribution < -0.4 is 5.32 Å². The third-order valence-corrected chi connectivity index (χ3v) is 3.80. The zero-order chi connectivity index (χ0) is 11.1. The summed E-state index contributed by atoms with van der Waals surface area (Å²) in [6.45, 7) is 3.69. The molecule has 0 aliphatic rings. The van der Waals surface area contributed by atoms with Crippen LogP contribution in [-0.4, -0.2) is 6.54 Å². The van der Waals surface area contributed by atoms with Crippen LogP contribution in [0.5, 0.6) is 0 Å². The largest absolute Gasteiger partial charge is 0.312 e. The van der Waals surface area contributed by atoms with Crippen LogP contribution in [0.4, 0.5) is 0 Å². The average molecular weight is 331 g/mol. The minimum absolute atomic E-state index is 0.886. The molecule has 1 aromatic carbocycles. The molecule has 0 saturated carbocycles. The van der Waals surface area contributed by atoms with Gasteiger partial charge in [0.25, 0.3) is 0 Å². The topological polar surface area (TPSA) is 12.0 Å². The molecule has 0 radical (unpaired) electrons. The van der Waals surface area contributed by atoms with Crippen molar-refractivity contribution in [2.45, 2.75) is 19.9 Å². The lowest BCUT2D eigenvalue weighted by atomic mass is 10.2. The summed E-state index contributed by atoms with van der Waals surface area (Å²) in [7, 11) is 0. The minimum Gasteiger partial charge on any atom is -0.312 e. The van der Waals surface area contributed by atoms with Gasteiger partial charge in [-0.25, -0.2) is 0 Å². The molecule has 0 amide bonds. The van der Waals surface area contributed by atoms with E-state index in [2.05, 4.69) is 61.2 Å². The van der Waals surface area contributed by atoms with E-state index >= 15 is 0 Å². The van der Waals surface area contributed by atoms with Gasteiger partial charge >= 0.3 is 0 Å². The molecule has 80 valence electrons. The Morgan fingerprint density at radius 3 is 2.73 bits per heavy atom. The molecule has 0 fully saturated rings. The first-order chi connectivity index (χ1) is 7.24. The van der Waals surface area contributed by atoms with Crippen molar-refractivity contribution in [3.05, 3.63) is 32.7 Å². The fraction of sp³-hybridized carbons (Fsp3) is 0.333. The van der Waals surface area contributed by atoms with E-state index in [-0.39, 0.29) is 0 Å². The van der Waals surface area contributed by atoms with Crippen LogP contribution in [0.15, 0.2) is 27.1 Å².